The average molecular weight is 357 g/mol. The second-order valence-corrected chi connectivity index (χ2v) is 7.15. The van der Waals surface area contributed by atoms with Crippen molar-refractivity contribution in [3.05, 3.63) is 59.0 Å². The average Bonchev–Trinajstić information content (AvgIpc) is 2.99. The second-order valence-electron chi connectivity index (χ2n) is 4.99. The fraction of sp³-hybridized carbons (Fsp3) is 0.267. The van der Waals surface area contributed by atoms with E-state index in [1.54, 1.807) is 36.4 Å². The van der Waals surface area contributed by atoms with Crippen LogP contribution in [0, 0.1) is 0 Å². The minimum Gasteiger partial charge on any atom is -0.467 e. The minimum absolute atomic E-state index is 0.197. The molecule has 1 heterocycles. The highest BCUT2D eigenvalue weighted by Crippen LogP contribution is 2.17. The van der Waals surface area contributed by atoms with Crippen LogP contribution in [0.2, 0.25) is 5.02 Å². The topological polar surface area (TPSA) is 88.4 Å². The lowest BCUT2D eigenvalue weighted by atomic mass is 10.2. The van der Waals surface area contributed by atoms with Crippen molar-refractivity contribution in [1.29, 1.82) is 0 Å². The molecule has 0 aliphatic rings. The van der Waals surface area contributed by atoms with Gasteiger partial charge in [0.25, 0.3) is 0 Å². The van der Waals surface area contributed by atoms with Gasteiger partial charge in [-0.1, -0.05) is 29.8 Å². The molecule has 0 fully saturated rings. The van der Waals surface area contributed by atoms with Crippen molar-refractivity contribution < 1.29 is 17.6 Å². The fourth-order valence-electron chi connectivity index (χ4n) is 1.93. The third kappa shape index (κ3) is 5.38. The van der Waals surface area contributed by atoms with Crippen LogP contribution < -0.4 is 10.0 Å². The van der Waals surface area contributed by atoms with Gasteiger partial charge in [0, 0.05) is 5.02 Å². The van der Waals surface area contributed by atoms with Gasteiger partial charge >= 0.3 is 0 Å². The van der Waals surface area contributed by atoms with Gasteiger partial charge in [-0.05, 0) is 30.7 Å². The summed E-state index contributed by atoms with van der Waals surface area (Å²) in [7, 11) is -3.69. The number of benzene rings is 1. The van der Waals surface area contributed by atoms with E-state index in [9.17, 15) is 13.2 Å². The van der Waals surface area contributed by atoms with Crippen molar-refractivity contribution in [3.8, 4) is 0 Å². The number of amides is 1. The lowest BCUT2D eigenvalue weighted by Gasteiger charge is -2.14. The molecule has 2 aromatic rings. The van der Waals surface area contributed by atoms with Crippen LogP contribution in [0.3, 0.4) is 0 Å². The Labute approximate surface area is 139 Å². The summed E-state index contributed by atoms with van der Waals surface area (Å²) in [5.41, 5.74) is 0.477. The molecule has 0 spiro atoms. The lowest BCUT2D eigenvalue weighted by molar-refractivity contribution is -0.122. The molecule has 2 N–H and O–H groups in total. The summed E-state index contributed by atoms with van der Waals surface area (Å²) >= 11 is 5.95. The zero-order valence-corrected chi connectivity index (χ0v) is 14.0. The van der Waals surface area contributed by atoms with Gasteiger partial charge in [-0.3, -0.25) is 4.79 Å². The first kappa shape index (κ1) is 17.5. The van der Waals surface area contributed by atoms with Crippen LogP contribution in [0.15, 0.2) is 47.1 Å². The van der Waals surface area contributed by atoms with Crippen LogP contribution in [0.5, 0.6) is 0 Å². The van der Waals surface area contributed by atoms with Crippen molar-refractivity contribution in [2.75, 3.05) is 0 Å². The van der Waals surface area contributed by atoms with Gasteiger partial charge in [0.1, 0.15) is 5.76 Å². The van der Waals surface area contributed by atoms with Gasteiger partial charge in [-0.25, -0.2) is 13.1 Å². The van der Waals surface area contributed by atoms with E-state index in [0.717, 1.165) is 0 Å². The second kappa shape index (κ2) is 7.63. The number of furan rings is 1. The standard InChI is InChI=1S/C15H17ClN2O4S/c1-11(15(19)17-9-13-6-4-8-22-13)18-23(20,21)10-12-5-2-3-7-14(12)16/h2-8,11,18H,9-10H2,1H3,(H,17,19)/t11-/m0/s1. The highest BCUT2D eigenvalue weighted by molar-refractivity contribution is 7.88. The number of hydrogen-bond donors (Lipinski definition) is 2. The van der Waals surface area contributed by atoms with E-state index in [4.69, 9.17) is 16.0 Å². The first-order chi connectivity index (χ1) is 10.9. The van der Waals surface area contributed by atoms with Crippen molar-refractivity contribution in [3.63, 3.8) is 0 Å². The van der Waals surface area contributed by atoms with Gasteiger partial charge in [0.2, 0.25) is 15.9 Å². The SMILES string of the molecule is C[C@H](NS(=O)(=O)Cc1ccccc1Cl)C(=O)NCc1ccco1. The first-order valence-corrected chi connectivity index (χ1v) is 8.94. The molecule has 6 nitrogen and oxygen atoms in total. The Morgan fingerprint density at radius 3 is 2.65 bits per heavy atom. The van der Waals surface area contributed by atoms with E-state index in [1.807, 2.05) is 0 Å². The Morgan fingerprint density at radius 2 is 2.00 bits per heavy atom. The zero-order chi connectivity index (χ0) is 16.9. The van der Waals surface area contributed by atoms with Gasteiger partial charge in [0.15, 0.2) is 0 Å². The molecular formula is C15H17ClN2O4S. The third-order valence-corrected chi connectivity index (χ3v) is 4.84. The molecule has 23 heavy (non-hydrogen) atoms. The molecule has 0 saturated carbocycles. The molecular weight excluding hydrogens is 340 g/mol. The van der Waals surface area contributed by atoms with E-state index >= 15 is 0 Å². The molecule has 0 radical (unpaired) electrons. The predicted octanol–water partition coefficient (Wildman–Crippen LogP) is 2.06. The molecule has 0 bridgehead atoms. The molecule has 1 aromatic carbocycles. The van der Waals surface area contributed by atoms with Crippen LogP contribution in [0.1, 0.15) is 18.2 Å². The normalized spacial score (nSPS) is 12.8. The molecule has 1 atom stereocenters. The number of carbonyl (C=O) groups excluding carboxylic acids is 1. The van der Waals surface area contributed by atoms with Crippen LogP contribution in [0.25, 0.3) is 0 Å². The van der Waals surface area contributed by atoms with E-state index in [2.05, 4.69) is 10.0 Å². The van der Waals surface area contributed by atoms with Crippen molar-refractivity contribution in [2.24, 2.45) is 0 Å². The Bertz CT molecular complexity index is 760. The van der Waals surface area contributed by atoms with E-state index in [-0.39, 0.29) is 12.3 Å². The fourth-order valence-corrected chi connectivity index (χ4v) is 3.60. The largest absolute Gasteiger partial charge is 0.467 e. The Hall–Kier alpha value is -1.83. The Balaban J connectivity index is 1.91. The summed E-state index contributed by atoms with van der Waals surface area (Å²) in [6, 6.07) is 9.18. The number of sulfonamides is 1. The highest BCUT2D eigenvalue weighted by atomic mass is 35.5. The molecule has 1 amide bonds. The highest BCUT2D eigenvalue weighted by Gasteiger charge is 2.21. The van der Waals surface area contributed by atoms with Crippen LogP contribution in [0.4, 0.5) is 0 Å². The maximum atomic E-state index is 12.1. The maximum absolute atomic E-state index is 12.1. The summed E-state index contributed by atoms with van der Waals surface area (Å²) in [5, 5.41) is 2.97. The van der Waals surface area contributed by atoms with Crippen molar-refractivity contribution in [2.45, 2.75) is 25.3 Å². The lowest BCUT2D eigenvalue weighted by Crippen LogP contribution is -2.44. The van der Waals surface area contributed by atoms with Gasteiger partial charge < -0.3 is 9.73 Å². The number of halogens is 1. The molecule has 1 aromatic heterocycles. The molecule has 2 rings (SSSR count). The molecule has 0 saturated heterocycles. The Morgan fingerprint density at radius 1 is 1.26 bits per heavy atom. The molecule has 124 valence electrons. The van der Waals surface area contributed by atoms with Crippen LogP contribution >= 0.6 is 11.6 Å². The maximum Gasteiger partial charge on any atom is 0.238 e. The van der Waals surface area contributed by atoms with Crippen LogP contribution in [-0.2, 0) is 27.1 Å². The summed E-state index contributed by atoms with van der Waals surface area (Å²) in [6.45, 7) is 1.67. The number of hydrogen-bond acceptors (Lipinski definition) is 4. The van der Waals surface area contributed by atoms with Crippen molar-refractivity contribution in [1.82, 2.24) is 10.0 Å². The Kier molecular flexibility index (Phi) is 5.81. The third-order valence-electron chi connectivity index (χ3n) is 3.07. The molecule has 0 aliphatic heterocycles. The minimum atomic E-state index is -3.69. The van der Waals surface area contributed by atoms with E-state index < -0.39 is 22.0 Å². The number of nitrogens with one attached hydrogen (secondary N) is 2. The molecule has 0 unspecified atom stereocenters. The monoisotopic (exact) mass is 356 g/mol. The summed E-state index contributed by atoms with van der Waals surface area (Å²) in [5.74, 6) is -0.142. The zero-order valence-electron chi connectivity index (χ0n) is 12.5. The van der Waals surface area contributed by atoms with E-state index in [0.29, 0.717) is 16.3 Å². The van der Waals surface area contributed by atoms with Crippen molar-refractivity contribution >= 4 is 27.5 Å². The van der Waals surface area contributed by atoms with E-state index in [1.165, 1.54) is 13.2 Å². The molecule has 8 heteroatoms. The molecule has 0 aliphatic carbocycles. The predicted molar refractivity (Wildman–Crippen MR) is 87.2 cm³/mol. The van der Waals surface area contributed by atoms with Gasteiger partial charge in [-0.2, -0.15) is 0 Å². The summed E-state index contributed by atoms with van der Waals surface area (Å²) in [6.07, 6.45) is 1.50. The summed E-state index contributed by atoms with van der Waals surface area (Å²) in [4.78, 5) is 11.9. The quantitative estimate of drug-likeness (QED) is 0.794. The van der Waals surface area contributed by atoms with Crippen LogP contribution in [-0.4, -0.2) is 20.4 Å². The smallest absolute Gasteiger partial charge is 0.238 e. The number of rotatable bonds is 7. The van der Waals surface area contributed by atoms with Gasteiger partial charge in [-0.15, -0.1) is 0 Å². The first-order valence-electron chi connectivity index (χ1n) is 6.91. The summed E-state index contributed by atoms with van der Waals surface area (Å²) < 4.78 is 31.7. The number of carbonyl (C=O) groups is 1. The van der Waals surface area contributed by atoms with Gasteiger partial charge in [0.05, 0.1) is 24.6 Å².